The lowest BCUT2D eigenvalue weighted by Gasteiger charge is -2.44. The van der Waals surface area contributed by atoms with Gasteiger partial charge in [0.2, 0.25) is 0 Å². The number of rotatable bonds is 7. The van der Waals surface area contributed by atoms with E-state index in [0.717, 1.165) is 5.56 Å². The second kappa shape index (κ2) is 13.4. The normalized spacial score (nSPS) is 17.9. The molecule has 0 unspecified atom stereocenters. The summed E-state index contributed by atoms with van der Waals surface area (Å²) in [5, 5.41) is 0.0250. The van der Waals surface area contributed by atoms with Crippen molar-refractivity contribution < 1.29 is 18.3 Å². The summed E-state index contributed by atoms with van der Waals surface area (Å²) in [6.45, 7) is 25.4. The Bertz CT molecular complexity index is 1700. The van der Waals surface area contributed by atoms with E-state index >= 15 is 4.39 Å². The van der Waals surface area contributed by atoms with Crippen molar-refractivity contribution in [2.45, 2.75) is 117 Å². The average Bonchev–Trinajstić information content (AvgIpc) is 2.93. The molecule has 47 heavy (non-hydrogen) atoms. The van der Waals surface area contributed by atoms with E-state index in [1.807, 2.05) is 59.4 Å². The van der Waals surface area contributed by atoms with Crippen LogP contribution in [0.5, 0.6) is 0 Å². The summed E-state index contributed by atoms with van der Waals surface area (Å²) in [5.74, 6) is -0.491. The summed E-state index contributed by atoms with van der Waals surface area (Å²) in [5.41, 5.74) is 1.04. The standard InChI is InChI=1S/C34H50ClFN6O4Si/c1-20(2)26-27(23(13-15-37-26)14-16-45-47(11,12)34(8,9)10)42-30-24(17-25(36)28(35)38-30)29(39-31(42)43)40-18-22(4)41(19-21(40)3)32(44)46-33(5,6)7/h13,15,17,20-22H,14,16,18-19H2,1-12H3/t21-,22+/m0/s1. The Balaban J connectivity index is 1.85. The first-order chi connectivity index (χ1) is 21.6. The Morgan fingerprint density at radius 2 is 1.77 bits per heavy atom. The Kier molecular flexibility index (Phi) is 10.5. The lowest BCUT2D eigenvalue weighted by Crippen LogP contribution is -2.59. The summed E-state index contributed by atoms with van der Waals surface area (Å²) in [4.78, 5) is 44.5. The summed E-state index contributed by atoms with van der Waals surface area (Å²) in [6.07, 6.45) is 1.85. The molecule has 1 fully saturated rings. The van der Waals surface area contributed by atoms with Crippen molar-refractivity contribution >= 4 is 42.9 Å². The SMILES string of the molecule is CC(C)c1nccc(CCO[Si](C)(C)C(C)(C)C)c1-n1c(=O)nc(N2C[C@@H](C)N(C(=O)OC(C)(C)C)C[C@@H]2C)c2cc(F)c(Cl)nc21. The number of hydrogen-bond donors (Lipinski definition) is 0. The van der Waals surface area contributed by atoms with Gasteiger partial charge in [0.05, 0.1) is 16.8 Å². The molecule has 0 saturated carbocycles. The molecule has 1 amide bonds. The highest BCUT2D eigenvalue weighted by Crippen LogP contribution is 2.37. The third-order valence-corrected chi connectivity index (χ3v) is 13.9. The lowest BCUT2D eigenvalue weighted by atomic mass is 10.0. The van der Waals surface area contributed by atoms with Crippen LogP contribution in [0.3, 0.4) is 0 Å². The van der Waals surface area contributed by atoms with Crippen LogP contribution in [-0.4, -0.2) is 76.2 Å². The highest BCUT2D eigenvalue weighted by atomic mass is 35.5. The van der Waals surface area contributed by atoms with Crippen molar-refractivity contribution in [3.8, 4) is 5.69 Å². The number of amides is 1. The monoisotopic (exact) mass is 688 g/mol. The predicted molar refractivity (Wildman–Crippen MR) is 188 cm³/mol. The predicted octanol–water partition coefficient (Wildman–Crippen LogP) is 7.49. The van der Waals surface area contributed by atoms with E-state index in [1.54, 1.807) is 11.1 Å². The van der Waals surface area contributed by atoms with Gasteiger partial charge < -0.3 is 19.0 Å². The van der Waals surface area contributed by atoms with Gasteiger partial charge in [0.25, 0.3) is 0 Å². The van der Waals surface area contributed by atoms with E-state index in [0.29, 0.717) is 42.9 Å². The molecule has 4 heterocycles. The average molecular weight is 689 g/mol. The fourth-order valence-corrected chi connectivity index (χ4v) is 6.71. The minimum absolute atomic E-state index is 0.0435. The molecule has 258 valence electrons. The summed E-state index contributed by atoms with van der Waals surface area (Å²) in [7, 11) is -2.03. The maximum Gasteiger partial charge on any atom is 0.410 e. The second-order valence-electron chi connectivity index (χ2n) is 15.4. The molecule has 3 aromatic heterocycles. The zero-order valence-corrected chi connectivity index (χ0v) is 31.6. The van der Waals surface area contributed by atoms with Crippen molar-refractivity contribution in [3.05, 3.63) is 51.0 Å². The Morgan fingerprint density at radius 1 is 1.11 bits per heavy atom. The minimum Gasteiger partial charge on any atom is -0.444 e. The van der Waals surface area contributed by atoms with E-state index in [1.165, 1.54) is 10.6 Å². The van der Waals surface area contributed by atoms with Gasteiger partial charge in [-0.1, -0.05) is 46.2 Å². The summed E-state index contributed by atoms with van der Waals surface area (Å²) in [6, 6.07) is 2.62. The Morgan fingerprint density at radius 3 is 2.36 bits per heavy atom. The van der Waals surface area contributed by atoms with Crippen LogP contribution in [0.2, 0.25) is 23.3 Å². The van der Waals surface area contributed by atoms with Crippen LogP contribution in [0.1, 0.15) is 86.4 Å². The molecule has 0 radical (unpaired) electrons. The van der Waals surface area contributed by atoms with Gasteiger partial charge in [-0.25, -0.2) is 23.5 Å². The molecule has 4 rings (SSSR count). The molecular formula is C34H50ClFN6O4Si. The molecule has 1 saturated heterocycles. The maximum absolute atomic E-state index is 15.2. The Hall–Kier alpha value is -3.09. The molecule has 0 spiro atoms. The van der Waals surface area contributed by atoms with E-state index in [-0.39, 0.29) is 39.7 Å². The van der Waals surface area contributed by atoms with Gasteiger partial charge in [0, 0.05) is 38.0 Å². The van der Waals surface area contributed by atoms with Gasteiger partial charge in [-0.2, -0.15) is 4.98 Å². The number of nitrogens with zero attached hydrogens (tertiary/aromatic N) is 6. The number of ether oxygens (including phenoxy) is 1. The van der Waals surface area contributed by atoms with Crippen molar-refractivity contribution in [3.63, 3.8) is 0 Å². The molecular weight excluding hydrogens is 639 g/mol. The number of pyridine rings is 2. The van der Waals surface area contributed by atoms with Gasteiger partial charge in [-0.05, 0) is 82.8 Å². The minimum atomic E-state index is -2.03. The van der Waals surface area contributed by atoms with Crippen LogP contribution in [-0.2, 0) is 15.6 Å². The zero-order chi connectivity index (χ0) is 35.2. The fraction of sp³-hybridized carbons (Fsp3) is 0.618. The van der Waals surface area contributed by atoms with Crippen LogP contribution < -0.4 is 10.6 Å². The maximum atomic E-state index is 15.2. The first-order valence-electron chi connectivity index (χ1n) is 16.3. The Labute approximate surface area is 283 Å². The van der Waals surface area contributed by atoms with E-state index in [2.05, 4.69) is 48.8 Å². The molecule has 0 bridgehead atoms. The van der Waals surface area contributed by atoms with Gasteiger partial charge in [0.1, 0.15) is 11.4 Å². The molecule has 3 aromatic rings. The smallest absolute Gasteiger partial charge is 0.410 e. The quantitative estimate of drug-likeness (QED) is 0.186. The topological polar surface area (TPSA) is 103 Å². The zero-order valence-electron chi connectivity index (χ0n) is 29.9. The van der Waals surface area contributed by atoms with Gasteiger partial charge in [0.15, 0.2) is 24.9 Å². The molecule has 2 atom stereocenters. The molecule has 0 N–H and O–H groups in total. The molecule has 10 nitrogen and oxygen atoms in total. The third-order valence-electron chi connectivity index (χ3n) is 9.09. The van der Waals surface area contributed by atoms with Gasteiger partial charge in [-0.3, -0.25) is 4.98 Å². The number of halogens is 2. The van der Waals surface area contributed by atoms with Crippen LogP contribution in [0, 0.1) is 5.82 Å². The van der Waals surface area contributed by atoms with Crippen LogP contribution in [0.25, 0.3) is 16.7 Å². The number of hydrogen-bond acceptors (Lipinski definition) is 8. The fourth-order valence-electron chi connectivity index (χ4n) is 5.53. The van der Waals surface area contributed by atoms with Crippen LogP contribution in [0.4, 0.5) is 15.0 Å². The van der Waals surface area contributed by atoms with E-state index < -0.39 is 31.5 Å². The highest BCUT2D eigenvalue weighted by molar-refractivity contribution is 6.74. The third kappa shape index (κ3) is 7.81. The summed E-state index contributed by atoms with van der Waals surface area (Å²) < 4.78 is 28.7. The van der Waals surface area contributed by atoms with Crippen LogP contribution in [0.15, 0.2) is 23.1 Å². The van der Waals surface area contributed by atoms with Crippen molar-refractivity contribution in [1.29, 1.82) is 0 Å². The van der Waals surface area contributed by atoms with Crippen molar-refractivity contribution in [2.75, 3.05) is 24.6 Å². The molecule has 1 aliphatic rings. The van der Waals surface area contributed by atoms with Crippen molar-refractivity contribution in [1.82, 2.24) is 24.4 Å². The van der Waals surface area contributed by atoms with Gasteiger partial charge >= 0.3 is 11.8 Å². The number of carbonyl (C=O) groups is 1. The molecule has 0 aliphatic carbocycles. The van der Waals surface area contributed by atoms with Gasteiger partial charge in [-0.15, -0.1) is 0 Å². The lowest BCUT2D eigenvalue weighted by molar-refractivity contribution is 0.0130. The molecule has 1 aliphatic heterocycles. The summed E-state index contributed by atoms with van der Waals surface area (Å²) >= 11 is 6.29. The van der Waals surface area contributed by atoms with Crippen molar-refractivity contribution in [2.24, 2.45) is 0 Å². The second-order valence-corrected chi connectivity index (χ2v) is 20.6. The first-order valence-corrected chi connectivity index (χ1v) is 19.6. The first kappa shape index (κ1) is 36.7. The molecule has 0 aromatic carbocycles. The van der Waals surface area contributed by atoms with Crippen LogP contribution >= 0.6 is 11.6 Å². The van der Waals surface area contributed by atoms with E-state index in [9.17, 15) is 9.59 Å². The molecule has 13 heteroatoms. The van der Waals surface area contributed by atoms with E-state index in [4.69, 9.17) is 20.8 Å². The number of fused-ring (bicyclic) bond motifs is 1. The number of aromatic nitrogens is 4. The largest absolute Gasteiger partial charge is 0.444 e. The highest BCUT2D eigenvalue weighted by Gasteiger charge is 2.38. The number of anilines is 1. The number of carbonyl (C=O) groups excluding carboxylic acids is 1. The number of piperazine rings is 1.